The topological polar surface area (TPSA) is 92.9 Å². The number of fused-ring (bicyclic) bond motifs is 1. The Hall–Kier alpha value is -3.64. The highest BCUT2D eigenvalue weighted by molar-refractivity contribution is 5.86. The fourth-order valence-electron chi connectivity index (χ4n) is 4.91. The molecule has 0 aromatic heterocycles. The van der Waals surface area contributed by atoms with Crippen LogP contribution in [0, 0.1) is 0 Å². The highest BCUT2D eigenvalue weighted by Gasteiger charge is 2.29. The first kappa shape index (κ1) is 23.5. The summed E-state index contributed by atoms with van der Waals surface area (Å²) in [6, 6.07) is 24.9. The smallest absolute Gasteiger partial charge is 0.337 e. The van der Waals surface area contributed by atoms with Gasteiger partial charge in [0.1, 0.15) is 18.4 Å². The summed E-state index contributed by atoms with van der Waals surface area (Å²) in [5.74, 6) is -0.283. The summed E-state index contributed by atoms with van der Waals surface area (Å²) in [6.07, 6.45) is 4.14. The molecule has 0 spiro atoms. The standard InChI is InChI=1S/C28H30N2O4/c29-28(33)25(30(21-10-3-1-4-11-21)22-12-5-2-6-13-22)18-17-20-9-7-15-24-23(20)14-8-16-26(24)34-27(32)19-31/h1-6,8,10-14,16,20,25,31H,7,9,15,17-19H2,(H2,29,33). The molecule has 3 aromatic carbocycles. The maximum atomic E-state index is 12.7. The molecule has 6 nitrogen and oxygen atoms in total. The number of carbonyl (C=O) groups is 2. The van der Waals surface area contributed by atoms with Gasteiger partial charge in [-0.25, -0.2) is 4.79 Å². The summed E-state index contributed by atoms with van der Waals surface area (Å²) >= 11 is 0. The molecule has 6 heteroatoms. The summed E-state index contributed by atoms with van der Waals surface area (Å²) in [5, 5.41) is 9.07. The number of aliphatic hydroxyl groups is 1. The van der Waals surface area contributed by atoms with Gasteiger partial charge in [0.15, 0.2) is 0 Å². The SMILES string of the molecule is NC(=O)C(CCC1CCCc2c(OC(=O)CO)cccc21)N(c1ccccc1)c1ccccc1. The number of anilines is 2. The molecule has 0 radical (unpaired) electrons. The molecule has 1 aliphatic rings. The molecule has 3 aromatic rings. The van der Waals surface area contributed by atoms with Crippen molar-refractivity contribution < 1.29 is 19.4 Å². The van der Waals surface area contributed by atoms with Crippen molar-refractivity contribution in [2.75, 3.05) is 11.5 Å². The number of amides is 1. The Bertz CT molecular complexity index is 1080. The summed E-state index contributed by atoms with van der Waals surface area (Å²) in [4.78, 5) is 26.4. The van der Waals surface area contributed by atoms with E-state index in [0.717, 1.165) is 48.2 Å². The highest BCUT2D eigenvalue weighted by Crippen LogP contribution is 2.40. The summed E-state index contributed by atoms with van der Waals surface area (Å²) in [7, 11) is 0. The van der Waals surface area contributed by atoms with Crippen LogP contribution in [0.5, 0.6) is 5.75 Å². The lowest BCUT2D eigenvalue weighted by atomic mass is 9.79. The Morgan fingerprint density at radius 2 is 1.62 bits per heavy atom. The molecule has 3 N–H and O–H groups in total. The van der Waals surface area contributed by atoms with Crippen LogP contribution in [0.1, 0.15) is 42.7 Å². The van der Waals surface area contributed by atoms with Crippen LogP contribution < -0.4 is 15.4 Å². The Morgan fingerprint density at radius 3 is 2.21 bits per heavy atom. The van der Waals surface area contributed by atoms with E-state index in [1.165, 1.54) is 0 Å². The van der Waals surface area contributed by atoms with Gasteiger partial charge in [-0.1, -0.05) is 48.5 Å². The number of aliphatic hydroxyl groups excluding tert-OH is 1. The van der Waals surface area contributed by atoms with Gasteiger partial charge in [-0.05, 0) is 79.5 Å². The third kappa shape index (κ3) is 5.29. The number of hydrogen-bond donors (Lipinski definition) is 2. The number of para-hydroxylation sites is 2. The van der Waals surface area contributed by atoms with E-state index >= 15 is 0 Å². The van der Waals surface area contributed by atoms with Gasteiger partial charge in [0.05, 0.1) is 0 Å². The zero-order valence-corrected chi connectivity index (χ0v) is 19.1. The van der Waals surface area contributed by atoms with Crippen LogP contribution in [-0.4, -0.2) is 29.6 Å². The van der Waals surface area contributed by atoms with Gasteiger partial charge in [-0.3, -0.25) is 4.79 Å². The molecule has 1 aliphatic carbocycles. The fourth-order valence-corrected chi connectivity index (χ4v) is 4.91. The minimum absolute atomic E-state index is 0.228. The first-order valence-electron chi connectivity index (χ1n) is 11.7. The lowest BCUT2D eigenvalue weighted by Crippen LogP contribution is -2.42. The number of nitrogens with zero attached hydrogens (tertiary/aromatic N) is 1. The van der Waals surface area contributed by atoms with Crippen molar-refractivity contribution in [3.05, 3.63) is 90.0 Å². The zero-order valence-electron chi connectivity index (χ0n) is 19.1. The lowest BCUT2D eigenvalue weighted by molar-refractivity contribution is -0.137. The van der Waals surface area contributed by atoms with Gasteiger partial charge in [-0.15, -0.1) is 0 Å². The number of carbonyl (C=O) groups excluding carboxylic acids is 2. The number of benzene rings is 3. The lowest BCUT2D eigenvalue weighted by Gasteiger charge is -2.34. The summed E-state index contributed by atoms with van der Waals surface area (Å²) < 4.78 is 5.36. The van der Waals surface area contributed by atoms with Crippen LogP contribution >= 0.6 is 0 Å². The molecule has 0 heterocycles. The second-order valence-electron chi connectivity index (χ2n) is 8.58. The molecule has 2 unspecified atom stereocenters. The van der Waals surface area contributed by atoms with Crippen LogP contribution in [-0.2, 0) is 16.0 Å². The van der Waals surface area contributed by atoms with Crippen molar-refractivity contribution in [2.24, 2.45) is 5.73 Å². The molecule has 1 amide bonds. The summed E-state index contributed by atoms with van der Waals surface area (Å²) in [6.45, 7) is -0.651. The van der Waals surface area contributed by atoms with E-state index in [0.29, 0.717) is 12.2 Å². The van der Waals surface area contributed by atoms with E-state index < -0.39 is 18.6 Å². The molecule has 0 fully saturated rings. The molecule has 4 rings (SSSR count). The van der Waals surface area contributed by atoms with Gasteiger partial charge in [-0.2, -0.15) is 0 Å². The van der Waals surface area contributed by atoms with Crippen molar-refractivity contribution in [3.63, 3.8) is 0 Å². The van der Waals surface area contributed by atoms with Crippen LogP contribution in [0.4, 0.5) is 11.4 Å². The maximum absolute atomic E-state index is 12.7. The molecule has 0 saturated carbocycles. The second kappa shape index (κ2) is 11.0. The Morgan fingerprint density at radius 1 is 0.971 bits per heavy atom. The fraction of sp³-hybridized carbons (Fsp3) is 0.286. The molecule has 2 atom stereocenters. The quantitative estimate of drug-likeness (QED) is 0.364. The minimum atomic E-state index is -0.661. The molecule has 0 saturated heterocycles. The number of primary amides is 1. The molecule has 0 bridgehead atoms. The average molecular weight is 459 g/mol. The van der Waals surface area contributed by atoms with Crippen molar-refractivity contribution >= 4 is 23.3 Å². The number of ether oxygens (including phenoxy) is 1. The van der Waals surface area contributed by atoms with Crippen molar-refractivity contribution in [2.45, 2.75) is 44.1 Å². The highest BCUT2D eigenvalue weighted by atomic mass is 16.5. The second-order valence-corrected chi connectivity index (χ2v) is 8.58. The van der Waals surface area contributed by atoms with Gasteiger partial charge >= 0.3 is 5.97 Å². The van der Waals surface area contributed by atoms with E-state index in [1.807, 2.05) is 71.6 Å². The number of rotatable bonds is 9. The first-order valence-corrected chi connectivity index (χ1v) is 11.7. The summed E-state index contributed by atoms with van der Waals surface area (Å²) in [5.41, 5.74) is 9.94. The van der Waals surface area contributed by atoms with Gasteiger partial charge in [0, 0.05) is 11.4 Å². The average Bonchev–Trinajstić information content (AvgIpc) is 2.87. The van der Waals surface area contributed by atoms with Crippen molar-refractivity contribution in [3.8, 4) is 5.75 Å². The molecular formula is C28H30N2O4. The van der Waals surface area contributed by atoms with Crippen LogP contribution in [0.2, 0.25) is 0 Å². The van der Waals surface area contributed by atoms with E-state index in [1.54, 1.807) is 6.07 Å². The molecular weight excluding hydrogens is 428 g/mol. The molecule has 34 heavy (non-hydrogen) atoms. The van der Waals surface area contributed by atoms with Gasteiger partial charge in [0.25, 0.3) is 0 Å². The van der Waals surface area contributed by atoms with Crippen LogP contribution in [0.15, 0.2) is 78.9 Å². The molecule has 0 aliphatic heterocycles. The third-order valence-corrected chi connectivity index (χ3v) is 6.44. The van der Waals surface area contributed by atoms with E-state index in [4.69, 9.17) is 15.6 Å². The zero-order chi connectivity index (χ0) is 23.9. The normalized spacial score (nSPS) is 15.7. The first-order chi connectivity index (χ1) is 16.6. The minimum Gasteiger partial charge on any atom is -0.425 e. The van der Waals surface area contributed by atoms with Crippen molar-refractivity contribution in [1.29, 1.82) is 0 Å². The number of esters is 1. The molecule has 176 valence electrons. The Kier molecular flexibility index (Phi) is 7.60. The third-order valence-electron chi connectivity index (χ3n) is 6.44. The van der Waals surface area contributed by atoms with Gasteiger partial charge in [0.2, 0.25) is 5.91 Å². The van der Waals surface area contributed by atoms with Gasteiger partial charge < -0.3 is 20.5 Å². The largest absolute Gasteiger partial charge is 0.425 e. The number of hydrogen-bond acceptors (Lipinski definition) is 5. The van der Waals surface area contributed by atoms with Crippen molar-refractivity contribution in [1.82, 2.24) is 0 Å². The monoisotopic (exact) mass is 458 g/mol. The Balaban J connectivity index is 1.60. The predicted molar refractivity (Wildman–Crippen MR) is 132 cm³/mol. The van der Waals surface area contributed by atoms with E-state index in [-0.39, 0.29) is 11.8 Å². The van der Waals surface area contributed by atoms with E-state index in [9.17, 15) is 9.59 Å². The maximum Gasteiger partial charge on any atom is 0.337 e. The van der Waals surface area contributed by atoms with Crippen LogP contribution in [0.25, 0.3) is 0 Å². The van der Waals surface area contributed by atoms with Crippen LogP contribution in [0.3, 0.4) is 0 Å². The Labute approximate surface area is 200 Å². The number of nitrogens with two attached hydrogens (primary N) is 1. The van der Waals surface area contributed by atoms with E-state index in [2.05, 4.69) is 6.07 Å². The predicted octanol–water partition coefficient (Wildman–Crippen LogP) is 4.48.